The molecule has 146 valence electrons. The summed E-state index contributed by atoms with van der Waals surface area (Å²) in [5.74, 6) is 0.454. The van der Waals surface area contributed by atoms with Gasteiger partial charge in [0.05, 0.1) is 5.52 Å². The molecule has 3 aromatic rings. The molecular formula is C20H23N5O3. The Morgan fingerprint density at radius 1 is 1.04 bits per heavy atom. The smallest absolute Gasteiger partial charge is 0.410 e. The van der Waals surface area contributed by atoms with Crippen LogP contribution in [0.5, 0.6) is 0 Å². The van der Waals surface area contributed by atoms with Crippen LogP contribution in [0, 0.1) is 0 Å². The quantitative estimate of drug-likeness (QED) is 0.673. The van der Waals surface area contributed by atoms with Gasteiger partial charge in [0.2, 0.25) is 5.82 Å². The van der Waals surface area contributed by atoms with E-state index in [0.29, 0.717) is 43.7 Å². The van der Waals surface area contributed by atoms with Gasteiger partial charge in [-0.2, -0.15) is 4.98 Å². The lowest BCUT2D eigenvalue weighted by molar-refractivity contribution is 0.0238. The van der Waals surface area contributed by atoms with Crippen LogP contribution >= 0.6 is 0 Å². The summed E-state index contributed by atoms with van der Waals surface area (Å²) in [6, 6.07) is 12.2. The zero-order chi connectivity index (χ0) is 19.7. The number of pyridine rings is 1. The fraction of sp³-hybridized carbons (Fsp3) is 0.400. The van der Waals surface area contributed by atoms with Crippen molar-refractivity contribution >= 4 is 23.0 Å². The maximum Gasteiger partial charge on any atom is 0.410 e. The zero-order valence-electron chi connectivity index (χ0n) is 16.3. The fourth-order valence-corrected chi connectivity index (χ4v) is 3.05. The molecule has 1 aliphatic heterocycles. The highest BCUT2D eigenvalue weighted by Crippen LogP contribution is 2.22. The number of piperazine rings is 1. The number of rotatable bonds is 2. The van der Waals surface area contributed by atoms with Crippen LogP contribution in [0.15, 0.2) is 40.9 Å². The Balaban J connectivity index is 1.43. The molecule has 0 saturated carbocycles. The van der Waals surface area contributed by atoms with Gasteiger partial charge >= 0.3 is 12.1 Å². The average Bonchev–Trinajstić information content (AvgIpc) is 3.16. The van der Waals surface area contributed by atoms with E-state index in [1.807, 2.05) is 62.1 Å². The normalized spacial score (nSPS) is 15.1. The summed E-state index contributed by atoms with van der Waals surface area (Å²) < 4.78 is 10.9. The Morgan fingerprint density at radius 2 is 1.79 bits per heavy atom. The first-order valence-corrected chi connectivity index (χ1v) is 9.32. The van der Waals surface area contributed by atoms with E-state index in [1.54, 1.807) is 4.90 Å². The minimum absolute atomic E-state index is 0.293. The maximum atomic E-state index is 12.2. The predicted molar refractivity (Wildman–Crippen MR) is 105 cm³/mol. The third kappa shape index (κ3) is 3.90. The third-order valence-electron chi connectivity index (χ3n) is 4.44. The molecule has 2 aromatic heterocycles. The Kier molecular flexibility index (Phi) is 4.62. The van der Waals surface area contributed by atoms with Crippen LogP contribution in [0.1, 0.15) is 20.8 Å². The highest BCUT2D eigenvalue weighted by Gasteiger charge is 2.28. The van der Waals surface area contributed by atoms with E-state index in [4.69, 9.17) is 9.26 Å². The summed E-state index contributed by atoms with van der Waals surface area (Å²) in [6.07, 6.45) is -0.293. The van der Waals surface area contributed by atoms with Crippen molar-refractivity contribution in [1.82, 2.24) is 20.0 Å². The van der Waals surface area contributed by atoms with Crippen LogP contribution in [0.4, 0.5) is 10.8 Å². The highest BCUT2D eigenvalue weighted by atomic mass is 16.6. The monoisotopic (exact) mass is 381 g/mol. The van der Waals surface area contributed by atoms with Gasteiger partial charge in [0.15, 0.2) is 0 Å². The summed E-state index contributed by atoms with van der Waals surface area (Å²) in [7, 11) is 0. The lowest BCUT2D eigenvalue weighted by atomic mass is 10.2. The van der Waals surface area contributed by atoms with Crippen molar-refractivity contribution < 1.29 is 14.1 Å². The van der Waals surface area contributed by atoms with E-state index < -0.39 is 5.60 Å². The first-order chi connectivity index (χ1) is 13.4. The number of hydrogen-bond donors (Lipinski definition) is 0. The van der Waals surface area contributed by atoms with Crippen molar-refractivity contribution in [3.05, 3.63) is 36.4 Å². The van der Waals surface area contributed by atoms with Crippen molar-refractivity contribution in [2.24, 2.45) is 0 Å². The SMILES string of the molecule is CC(C)(C)OC(=O)N1CCN(c2nc(-c3ccc4ccccc4n3)no2)CC1. The van der Waals surface area contributed by atoms with E-state index in [9.17, 15) is 4.79 Å². The number of aromatic nitrogens is 3. The molecule has 28 heavy (non-hydrogen) atoms. The highest BCUT2D eigenvalue weighted by molar-refractivity contribution is 5.80. The van der Waals surface area contributed by atoms with Crippen molar-refractivity contribution in [1.29, 1.82) is 0 Å². The van der Waals surface area contributed by atoms with Crippen LogP contribution in [-0.4, -0.2) is 57.9 Å². The molecule has 0 spiro atoms. The van der Waals surface area contributed by atoms with Gasteiger partial charge in [-0.25, -0.2) is 9.78 Å². The number of carbonyl (C=O) groups excluding carboxylic acids is 1. The molecule has 1 aliphatic rings. The summed E-state index contributed by atoms with van der Waals surface area (Å²) in [5, 5.41) is 5.14. The van der Waals surface area contributed by atoms with Crippen LogP contribution in [-0.2, 0) is 4.74 Å². The summed E-state index contributed by atoms with van der Waals surface area (Å²) >= 11 is 0. The number of carbonyl (C=O) groups is 1. The van der Waals surface area contributed by atoms with Crippen LogP contribution in [0.25, 0.3) is 22.4 Å². The molecule has 3 heterocycles. The van der Waals surface area contributed by atoms with Gasteiger partial charge in [0.25, 0.3) is 0 Å². The molecule has 8 heteroatoms. The van der Waals surface area contributed by atoms with Gasteiger partial charge in [-0.1, -0.05) is 29.4 Å². The predicted octanol–water partition coefficient (Wildman–Crippen LogP) is 3.34. The molecule has 0 N–H and O–H groups in total. The molecule has 4 rings (SSSR count). The van der Waals surface area contributed by atoms with E-state index in [1.165, 1.54) is 0 Å². The van der Waals surface area contributed by atoms with Gasteiger partial charge in [-0.05, 0) is 32.9 Å². The van der Waals surface area contributed by atoms with Crippen molar-refractivity contribution in [2.45, 2.75) is 26.4 Å². The van der Waals surface area contributed by atoms with Crippen molar-refractivity contribution in [3.8, 4) is 11.5 Å². The minimum Gasteiger partial charge on any atom is -0.444 e. The second-order valence-electron chi connectivity index (χ2n) is 7.74. The fourth-order valence-electron chi connectivity index (χ4n) is 3.05. The number of ether oxygens (including phenoxy) is 1. The number of benzene rings is 1. The number of nitrogens with zero attached hydrogens (tertiary/aromatic N) is 5. The molecule has 1 fully saturated rings. The first-order valence-electron chi connectivity index (χ1n) is 9.32. The summed E-state index contributed by atoms with van der Waals surface area (Å²) in [5.41, 5.74) is 1.06. The molecular weight excluding hydrogens is 358 g/mol. The molecule has 1 saturated heterocycles. The second kappa shape index (κ2) is 7.10. The Morgan fingerprint density at radius 3 is 2.54 bits per heavy atom. The van der Waals surface area contributed by atoms with Gasteiger partial charge in [0.1, 0.15) is 11.3 Å². The molecule has 0 aliphatic carbocycles. The Bertz CT molecular complexity index is 987. The van der Waals surface area contributed by atoms with E-state index in [2.05, 4.69) is 15.1 Å². The van der Waals surface area contributed by atoms with E-state index in [-0.39, 0.29) is 6.09 Å². The zero-order valence-corrected chi connectivity index (χ0v) is 16.3. The molecule has 0 atom stereocenters. The summed E-state index contributed by atoms with van der Waals surface area (Å²) in [4.78, 5) is 24.9. The van der Waals surface area contributed by atoms with Crippen molar-refractivity contribution in [3.63, 3.8) is 0 Å². The van der Waals surface area contributed by atoms with E-state index in [0.717, 1.165) is 10.9 Å². The Labute approximate surface area is 163 Å². The van der Waals surface area contributed by atoms with Gasteiger partial charge in [0, 0.05) is 31.6 Å². The number of hydrogen-bond acceptors (Lipinski definition) is 7. The number of amides is 1. The lowest BCUT2D eigenvalue weighted by Gasteiger charge is -2.34. The van der Waals surface area contributed by atoms with Crippen molar-refractivity contribution in [2.75, 3.05) is 31.1 Å². The Hall–Kier alpha value is -3.16. The number of para-hydroxylation sites is 1. The summed E-state index contributed by atoms with van der Waals surface area (Å²) in [6.45, 7) is 7.88. The van der Waals surface area contributed by atoms with Crippen LogP contribution in [0.3, 0.4) is 0 Å². The lowest BCUT2D eigenvalue weighted by Crippen LogP contribution is -2.50. The molecule has 0 unspecified atom stereocenters. The molecule has 0 radical (unpaired) electrons. The maximum absolute atomic E-state index is 12.2. The third-order valence-corrected chi connectivity index (χ3v) is 4.44. The van der Waals surface area contributed by atoms with Crippen LogP contribution < -0.4 is 4.90 Å². The van der Waals surface area contributed by atoms with Gasteiger partial charge in [-0.15, -0.1) is 0 Å². The molecule has 8 nitrogen and oxygen atoms in total. The molecule has 1 aromatic carbocycles. The standard InChI is InChI=1S/C20H23N5O3/c1-20(2,3)27-19(26)25-12-10-24(11-13-25)18-22-17(23-28-18)16-9-8-14-6-4-5-7-15(14)21-16/h4-9H,10-13H2,1-3H3. The van der Waals surface area contributed by atoms with Gasteiger partial charge < -0.3 is 19.1 Å². The molecule has 0 bridgehead atoms. The number of anilines is 1. The average molecular weight is 381 g/mol. The molecule has 1 amide bonds. The van der Waals surface area contributed by atoms with Crippen LogP contribution in [0.2, 0.25) is 0 Å². The topological polar surface area (TPSA) is 84.6 Å². The van der Waals surface area contributed by atoms with E-state index >= 15 is 0 Å². The second-order valence-corrected chi connectivity index (χ2v) is 7.74. The minimum atomic E-state index is -0.498. The van der Waals surface area contributed by atoms with Gasteiger partial charge in [-0.3, -0.25) is 0 Å². The first kappa shape index (κ1) is 18.2. The largest absolute Gasteiger partial charge is 0.444 e. The number of fused-ring (bicyclic) bond motifs is 1.